The van der Waals surface area contributed by atoms with Crippen molar-refractivity contribution in [3.63, 3.8) is 0 Å². The number of phenolic OH excluding ortho intramolecular Hbond substituents is 2. The highest BCUT2D eigenvalue weighted by molar-refractivity contribution is 5.48. The first kappa shape index (κ1) is 10.9. The van der Waals surface area contributed by atoms with Crippen LogP contribution in [-0.2, 0) is 6.54 Å². The van der Waals surface area contributed by atoms with E-state index in [-0.39, 0.29) is 29.7 Å². The Kier molecular flexibility index (Phi) is 2.86. The van der Waals surface area contributed by atoms with Crippen LogP contribution in [-0.4, -0.2) is 20.5 Å². The van der Waals surface area contributed by atoms with Crippen molar-refractivity contribution in [2.24, 2.45) is 10.2 Å². The number of hydrogen-bond donors (Lipinski definition) is 3. The van der Waals surface area contributed by atoms with E-state index in [2.05, 4.69) is 25.2 Å². The molecule has 0 aliphatic carbocycles. The standard InChI is InChI=1S/C9H9N5O3/c10-8-9(14-17-13-8)12-11-4-5-1-2-6(15)7(16)3-5/h1-3,15-16H,4H2,(H2,10,13). The van der Waals surface area contributed by atoms with Gasteiger partial charge in [0.05, 0.1) is 6.54 Å². The molecule has 1 aromatic carbocycles. The third kappa shape index (κ3) is 2.48. The van der Waals surface area contributed by atoms with Crippen LogP contribution in [0.15, 0.2) is 33.1 Å². The molecule has 0 spiro atoms. The highest BCUT2D eigenvalue weighted by Crippen LogP contribution is 2.25. The molecule has 0 saturated heterocycles. The first-order valence-electron chi connectivity index (χ1n) is 4.63. The zero-order valence-corrected chi connectivity index (χ0v) is 8.61. The summed E-state index contributed by atoms with van der Waals surface area (Å²) in [5, 5.41) is 32.6. The Hall–Kier alpha value is -2.64. The van der Waals surface area contributed by atoms with Crippen molar-refractivity contribution >= 4 is 11.6 Å². The molecule has 0 radical (unpaired) electrons. The minimum absolute atomic E-state index is 0.0577. The lowest BCUT2D eigenvalue weighted by Gasteiger charge is -1.99. The molecule has 8 nitrogen and oxygen atoms in total. The number of aromatic nitrogens is 2. The van der Waals surface area contributed by atoms with Crippen LogP contribution < -0.4 is 5.73 Å². The van der Waals surface area contributed by atoms with Crippen molar-refractivity contribution in [2.75, 3.05) is 5.73 Å². The van der Waals surface area contributed by atoms with Crippen molar-refractivity contribution in [2.45, 2.75) is 6.54 Å². The topological polar surface area (TPSA) is 130 Å². The number of hydrogen-bond acceptors (Lipinski definition) is 8. The van der Waals surface area contributed by atoms with E-state index in [1.165, 1.54) is 12.1 Å². The third-order valence-electron chi connectivity index (χ3n) is 1.95. The predicted octanol–water partition coefficient (Wildman–Crippen LogP) is 1.35. The number of aromatic hydroxyl groups is 2. The Labute approximate surface area is 95.4 Å². The molecule has 2 rings (SSSR count). The lowest BCUT2D eigenvalue weighted by molar-refractivity contribution is 0.310. The van der Waals surface area contributed by atoms with Gasteiger partial charge in [-0.3, -0.25) is 0 Å². The molecule has 0 atom stereocenters. The summed E-state index contributed by atoms with van der Waals surface area (Å²) in [6.45, 7) is 0.208. The first-order chi connectivity index (χ1) is 8.16. The molecule has 1 heterocycles. The van der Waals surface area contributed by atoms with Crippen LogP contribution in [0.2, 0.25) is 0 Å². The second-order valence-corrected chi connectivity index (χ2v) is 3.20. The Bertz CT molecular complexity index is 551. The zero-order chi connectivity index (χ0) is 12.3. The number of nitrogens with two attached hydrogens (primary N) is 1. The summed E-state index contributed by atoms with van der Waals surface area (Å²) in [5.74, 6) is -0.230. The van der Waals surface area contributed by atoms with Crippen molar-refractivity contribution in [3.05, 3.63) is 23.8 Å². The number of anilines is 1. The normalized spacial score (nSPS) is 11.1. The summed E-state index contributed by atoms with van der Waals surface area (Å²) < 4.78 is 4.33. The van der Waals surface area contributed by atoms with Crippen LogP contribution in [0.3, 0.4) is 0 Å². The van der Waals surface area contributed by atoms with E-state index >= 15 is 0 Å². The number of phenols is 2. The van der Waals surface area contributed by atoms with Gasteiger partial charge in [0.25, 0.3) is 5.82 Å². The third-order valence-corrected chi connectivity index (χ3v) is 1.95. The molecule has 17 heavy (non-hydrogen) atoms. The van der Waals surface area contributed by atoms with Crippen molar-refractivity contribution in [1.82, 2.24) is 10.3 Å². The summed E-state index contributed by atoms with van der Waals surface area (Å²) in [6, 6.07) is 4.36. The number of nitrogens with zero attached hydrogens (tertiary/aromatic N) is 4. The first-order valence-corrected chi connectivity index (χ1v) is 4.63. The maximum Gasteiger partial charge on any atom is 0.261 e. The lowest BCUT2D eigenvalue weighted by atomic mass is 10.2. The number of rotatable bonds is 3. The van der Waals surface area contributed by atoms with Crippen molar-refractivity contribution in [3.8, 4) is 11.5 Å². The molecule has 0 aliphatic heterocycles. The van der Waals surface area contributed by atoms with E-state index < -0.39 is 0 Å². The maximum atomic E-state index is 9.25. The summed E-state index contributed by atoms with van der Waals surface area (Å²) >= 11 is 0. The average Bonchev–Trinajstić information content (AvgIpc) is 2.70. The highest BCUT2D eigenvalue weighted by Gasteiger charge is 2.03. The molecule has 0 aliphatic rings. The molecular weight excluding hydrogens is 226 g/mol. The lowest BCUT2D eigenvalue weighted by Crippen LogP contribution is -1.83. The van der Waals surface area contributed by atoms with Crippen LogP contribution in [0, 0.1) is 0 Å². The molecule has 0 bridgehead atoms. The highest BCUT2D eigenvalue weighted by atomic mass is 16.6. The molecule has 1 aromatic heterocycles. The van der Waals surface area contributed by atoms with Gasteiger partial charge in [-0.05, 0) is 28.0 Å². The molecule has 88 valence electrons. The molecule has 0 fully saturated rings. The zero-order valence-electron chi connectivity index (χ0n) is 8.61. The Balaban J connectivity index is 2.05. The summed E-state index contributed by atoms with van der Waals surface area (Å²) in [6.07, 6.45) is 0. The van der Waals surface area contributed by atoms with E-state index in [1.54, 1.807) is 6.07 Å². The maximum absolute atomic E-state index is 9.25. The molecule has 4 N–H and O–H groups in total. The van der Waals surface area contributed by atoms with Crippen LogP contribution >= 0.6 is 0 Å². The minimum atomic E-state index is -0.208. The van der Waals surface area contributed by atoms with E-state index in [9.17, 15) is 5.11 Å². The fraction of sp³-hybridized carbons (Fsp3) is 0.111. The smallest absolute Gasteiger partial charge is 0.261 e. The Morgan fingerprint density at radius 3 is 2.71 bits per heavy atom. The number of benzene rings is 1. The predicted molar refractivity (Wildman–Crippen MR) is 56.7 cm³/mol. The number of azo groups is 1. The van der Waals surface area contributed by atoms with Gasteiger partial charge in [-0.15, -0.1) is 5.11 Å². The van der Waals surface area contributed by atoms with Gasteiger partial charge in [-0.25, -0.2) is 4.63 Å². The van der Waals surface area contributed by atoms with Gasteiger partial charge in [0, 0.05) is 0 Å². The largest absolute Gasteiger partial charge is 0.504 e. The fourth-order valence-corrected chi connectivity index (χ4v) is 1.11. The average molecular weight is 235 g/mol. The SMILES string of the molecule is Nc1nonc1N=NCc1ccc(O)c(O)c1. The van der Waals surface area contributed by atoms with Crippen molar-refractivity contribution in [1.29, 1.82) is 0 Å². The van der Waals surface area contributed by atoms with Gasteiger partial charge in [-0.2, -0.15) is 5.11 Å². The monoisotopic (exact) mass is 235 g/mol. The van der Waals surface area contributed by atoms with E-state index in [0.29, 0.717) is 5.56 Å². The van der Waals surface area contributed by atoms with Gasteiger partial charge in [0.1, 0.15) is 0 Å². The molecule has 8 heteroatoms. The summed E-state index contributed by atoms with van der Waals surface area (Å²) in [4.78, 5) is 0. The molecule has 0 amide bonds. The summed E-state index contributed by atoms with van der Waals surface area (Å²) in [5.41, 5.74) is 6.05. The fourth-order valence-electron chi connectivity index (χ4n) is 1.11. The van der Waals surface area contributed by atoms with Gasteiger partial charge in [0.2, 0.25) is 5.82 Å². The van der Waals surface area contributed by atoms with E-state index in [1.807, 2.05) is 0 Å². The van der Waals surface area contributed by atoms with Crippen LogP contribution in [0.1, 0.15) is 5.56 Å². The molecule has 2 aromatic rings. The van der Waals surface area contributed by atoms with E-state index in [0.717, 1.165) is 0 Å². The second kappa shape index (κ2) is 4.47. The van der Waals surface area contributed by atoms with Crippen LogP contribution in [0.5, 0.6) is 11.5 Å². The molecule has 0 unspecified atom stereocenters. The van der Waals surface area contributed by atoms with Crippen LogP contribution in [0.25, 0.3) is 0 Å². The van der Waals surface area contributed by atoms with E-state index in [4.69, 9.17) is 10.8 Å². The van der Waals surface area contributed by atoms with Gasteiger partial charge in [-0.1, -0.05) is 6.07 Å². The van der Waals surface area contributed by atoms with Gasteiger partial charge < -0.3 is 15.9 Å². The van der Waals surface area contributed by atoms with Gasteiger partial charge >= 0.3 is 0 Å². The number of nitrogen functional groups attached to an aromatic ring is 1. The Morgan fingerprint density at radius 1 is 1.24 bits per heavy atom. The van der Waals surface area contributed by atoms with Crippen LogP contribution in [0.4, 0.5) is 11.6 Å². The van der Waals surface area contributed by atoms with Crippen molar-refractivity contribution < 1.29 is 14.8 Å². The molecular formula is C9H9N5O3. The Morgan fingerprint density at radius 2 is 2.06 bits per heavy atom. The van der Waals surface area contributed by atoms with Gasteiger partial charge in [0.15, 0.2) is 11.5 Å². The molecule has 0 saturated carbocycles. The minimum Gasteiger partial charge on any atom is -0.504 e. The summed E-state index contributed by atoms with van der Waals surface area (Å²) in [7, 11) is 0. The quantitative estimate of drug-likeness (QED) is 0.543. The second-order valence-electron chi connectivity index (χ2n) is 3.20.